The van der Waals surface area contributed by atoms with Gasteiger partial charge in [-0.15, -0.1) is 0 Å². The highest BCUT2D eigenvalue weighted by Gasteiger charge is 2.33. The van der Waals surface area contributed by atoms with E-state index >= 15 is 0 Å². The summed E-state index contributed by atoms with van der Waals surface area (Å²) in [5, 5.41) is 11.2. The van der Waals surface area contributed by atoms with Gasteiger partial charge in [-0.2, -0.15) is 0 Å². The van der Waals surface area contributed by atoms with Crippen molar-refractivity contribution in [2.45, 2.75) is 12.3 Å². The molecule has 0 saturated heterocycles. The van der Waals surface area contributed by atoms with Crippen LogP contribution in [0.25, 0.3) is 0 Å². The van der Waals surface area contributed by atoms with Gasteiger partial charge < -0.3 is 10.4 Å². The second-order valence-corrected chi connectivity index (χ2v) is 3.08. The van der Waals surface area contributed by atoms with Gasteiger partial charge in [0.05, 0.1) is 23.7 Å². The highest BCUT2D eigenvalue weighted by atomic mass is 16.4. The first-order valence-electron chi connectivity index (χ1n) is 4.16. The first-order chi connectivity index (χ1) is 6.68. The van der Waals surface area contributed by atoms with Gasteiger partial charge in [0, 0.05) is 6.20 Å². The lowest BCUT2D eigenvalue weighted by molar-refractivity contribution is -0.138. The molecule has 1 atom stereocenters. The Balaban J connectivity index is 2.34. The van der Waals surface area contributed by atoms with Crippen molar-refractivity contribution in [3.8, 4) is 0 Å². The summed E-state index contributed by atoms with van der Waals surface area (Å²) in [6, 6.07) is 3.41. The van der Waals surface area contributed by atoms with E-state index < -0.39 is 11.9 Å². The topological polar surface area (TPSA) is 79.3 Å². The summed E-state index contributed by atoms with van der Waals surface area (Å²) in [5.41, 5.74) is 1.14. The minimum atomic E-state index is -0.997. The fourth-order valence-electron chi connectivity index (χ4n) is 1.51. The van der Waals surface area contributed by atoms with Crippen LogP contribution in [0.2, 0.25) is 0 Å². The Morgan fingerprint density at radius 1 is 1.64 bits per heavy atom. The molecular formula is C9H8N2O3. The summed E-state index contributed by atoms with van der Waals surface area (Å²) in [6.45, 7) is 0. The number of carbonyl (C=O) groups is 2. The van der Waals surface area contributed by atoms with Crippen molar-refractivity contribution in [3.63, 3.8) is 0 Å². The van der Waals surface area contributed by atoms with E-state index in [9.17, 15) is 9.59 Å². The third-order valence-electron chi connectivity index (χ3n) is 2.12. The first kappa shape index (κ1) is 8.68. The van der Waals surface area contributed by atoms with Crippen LogP contribution in [0.5, 0.6) is 0 Å². The van der Waals surface area contributed by atoms with Crippen LogP contribution in [0.15, 0.2) is 18.3 Å². The van der Waals surface area contributed by atoms with Gasteiger partial charge in [0.1, 0.15) is 0 Å². The molecule has 72 valence electrons. The molecule has 2 N–H and O–H groups in total. The molecule has 2 rings (SSSR count). The lowest BCUT2D eigenvalue weighted by Crippen LogP contribution is -2.15. The van der Waals surface area contributed by atoms with Crippen LogP contribution in [0.3, 0.4) is 0 Å². The van der Waals surface area contributed by atoms with Crippen molar-refractivity contribution < 1.29 is 14.7 Å². The zero-order chi connectivity index (χ0) is 10.1. The summed E-state index contributed by atoms with van der Waals surface area (Å²) in [5.74, 6) is -1.94. The highest BCUT2D eigenvalue weighted by Crippen LogP contribution is 2.32. The number of rotatable bonds is 2. The van der Waals surface area contributed by atoms with Crippen LogP contribution in [-0.2, 0) is 9.59 Å². The van der Waals surface area contributed by atoms with Gasteiger partial charge in [-0.3, -0.25) is 14.6 Å². The second-order valence-electron chi connectivity index (χ2n) is 3.08. The highest BCUT2D eigenvalue weighted by molar-refractivity contribution is 6.03. The number of anilines is 1. The van der Waals surface area contributed by atoms with Gasteiger partial charge in [0.25, 0.3) is 0 Å². The van der Waals surface area contributed by atoms with Gasteiger partial charge in [0.2, 0.25) is 5.91 Å². The standard InChI is InChI=1S/C9H8N2O3/c12-7(13)4-5-8-6(11-9(5)14)2-1-3-10-8/h1-3,5H,4H2,(H,11,14)(H,12,13)/t5-/m1/s1. The van der Waals surface area contributed by atoms with E-state index in [2.05, 4.69) is 10.3 Å². The predicted molar refractivity (Wildman–Crippen MR) is 47.9 cm³/mol. The molecule has 1 aromatic heterocycles. The molecule has 0 saturated carbocycles. The maximum absolute atomic E-state index is 11.4. The molecule has 0 aromatic carbocycles. The number of carboxylic acid groups (broad SMARTS) is 1. The Morgan fingerprint density at radius 3 is 3.14 bits per heavy atom. The Hall–Kier alpha value is -1.91. The summed E-state index contributed by atoms with van der Waals surface area (Å²) in [4.78, 5) is 25.9. The third-order valence-corrected chi connectivity index (χ3v) is 2.12. The average molecular weight is 192 g/mol. The summed E-state index contributed by atoms with van der Waals surface area (Å²) < 4.78 is 0. The van der Waals surface area contributed by atoms with Crippen LogP contribution >= 0.6 is 0 Å². The fraction of sp³-hybridized carbons (Fsp3) is 0.222. The fourth-order valence-corrected chi connectivity index (χ4v) is 1.51. The molecule has 0 unspecified atom stereocenters. The normalized spacial score (nSPS) is 18.9. The van der Waals surface area contributed by atoms with Gasteiger partial charge in [-0.05, 0) is 12.1 Å². The lowest BCUT2D eigenvalue weighted by Gasteiger charge is -2.02. The van der Waals surface area contributed by atoms with Crippen molar-refractivity contribution in [2.75, 3.05) is 5.32 Å². The molecule has 1 aliphatic heterocycles. The summed E-state index contributed by atoms with van der Waals surface area (Å²) in [7, 11) is 0. The maximum Gasteiger partial charge on any atom is 0.304 e. The van der Waals surface area contributed by atoms with E-state index in [0.29, 0.717) is 11.4 Å². The predicted octanol–water partition coefficient (Wildman–Crippen LogP) is 0.592. The van der Waals surface area contributed by atoms with E-state index in [1.165, 1.54) is 0 Å². The van der Waals surface area contributed by atoms with Gasteiger partial charge in [0.15, 0.2) is 0 Å². The molecule has 1 aliphatic rings. The number of hydrogen-bond acceptors (Lipinski definition) is 3. The Kier molecular flexibility index (Phi) is 1.92. The number of fused-ring (bicyclic) bond motifs is 1. The summed E-state index contributed by atoms with van der Waals surface area (Å²) in [6.07, 6.45) is 1.34. The lowest BCUT2D eigenvalue weighted by atomic mass is 10.0. The van der Waals surface area contributed by atoms with Crippen LogP contribution < -0.4 is 5.32 Å². The maximum atomic E-state index is 11.4. The zero-order valence-electron chi connectivity index (χ0n) is 7.23. The number of aromatic nitrogens is 1. The van der Waals surface area contributed by atoms with E-state index in [4.69, 9.17) is 5.11 Å². The molecule has 0 aliphatic carbocycles. The average Bonchev–Trinajstić information content (AvgIpc) is 2.43. The van der Waals surface area contributed by atoms with Crippen LogP contribution in [0.4, 0.5) is 5.69 Å². The van der Waals surface area contributed by atoms with Crippen molar-refractivity contribution in [3.05, 3.63) is 24.0 Å². The number of aliphatic carboxylic acids is 1. The molecule has 5 nitrogen and oxygen atoms in total. The van der Waals surface area contributed by atoms with E-state index in [-0.39, 0.29) is 12.3 Å². The number of amides is 1. The molecule has 1 amide bonds. The Bertz CT molecular complexity index is 403. The molecule has 0 fully saturated rings. The molecule has 0 bridgehead atoms. The minimum Gasteiger partial charge on any atom is -0.481 e. The molecule has 1 aromatic rings. The first-order valence-corrected chi connectivity index (χ1v) is 4.16. The van der Waals surface area contributed by atoms with Crippen LogP contribution in [-0.4, -0.2) is 22.0 Å². The number of carbonyl (C=O) groups excluding carboxylic acids is 1. The smallest absolute Gasteiger partial charge is 0.304 e. The number of carboxylic acids is 1. The monoisotopic (exact) mass is 192 g/mol. The molecule has 5 heteroatoms. The largest absolute Gasteiger partial charge is 0.481 e. The quantitative estimate of drug-likeness (QED) is 0.718. The number of nitrogens with one attached hydrogen (secondary N) is 1. The molecule has 0 radical (unpaired) electrons. The SMILES string of the molecule is O=C(O)C[C@H]1C(=O)Nc2cccnc21. The van der Waals surface area contributed by atoms with E-state index in [1.807, 2.05) is 0 Å². The minimum absolute atomic E-state index is 0.212. The van der Waals surface area contributed by atoms with Crippen molar-refractivity contribution in [2.24, 2.45) is 0 Å². The Labute approximate surface area is 79.8 Å². The number of pyridine rings is 1. The molecule has 2 heterocycles. The van der Waals surface area contributed by atoms with Crippen molar-refractivity contribution in [1.82, 2.24) is 4.98 Å². The molecule has 14 heavy (non-hydrogen) atoms. The van der Waals surface area contributed by atoms with E-state index in [0.717, 1.165) is 0 Å². The van der Waals surface area contributed by atoms with Crippen LogP contribution in [0.1, 0.15) is 18.0 Å². The molecule has 0 spiro atoms. The van der Waals surface area contributed by atoms with Crippen molar-refractivity contribution >= 4 is 17.6 Å². The van der Waals surface area contributed by atoms with Gasteiger partial charge >= 0.3 is 5.97 Å². The van der Waals surface area contributed by atoms with E-state index in [1.54, 1.807) is 18.3 Å². The Morgan fingerprint density at radius 2 is 2.43 bits per heavy atom. The number of nitrogens with zero attached hydrogens (tertiary/aromatic N) is 1. The third kappa shape index (κ3) is 1.32. The molecular weight excluding hydrogens is 184 g/mol. The van der Waals surface area contributed by atoms with Gasteiger partial charge in [-0.25, -0.2) is 0 Å². The second kappa shape index (κ2) is 3.10. The summed E-state index contributed by atoms with van der Waals surface area (Å²) >= 11 is 0. The zero-order valence-corrected chi connectivity index (χ0v) is 7.23. The van der Waals surface area contributed by atoms with Gasteiger partial charge in [-0.1, -0.05) is 0 Å². The number of hydrogen-bond donors (Lipinski definition) is 2. The van der Waals surface area contributed by atoms with Crippen molar-refractivity contribution in [1.29, 1.82) is 0 Å². The van der Waals surface area contributed by atoms with Crippen LogP contribution in [0, 0.1) is 0 Å².